The minimum Gasteiger partial charge on any atom is -0.379 e. The third kappa shape index (κ3) is 4.40. The fraction of sp³-hybridized carbons (Fsp3) is 1.00. The van der Waals surface area contributed by atoms with Crippen LogP contribution < -0.4 is 0 Å². The summed E-state index contributed by atoms with van der Waals surface area (Å²) in [6.45, 7) is 10.8. The summed E-state index contributed by atoms with van der Waals surface area (Å²) >= 11 is 0. The molecule has 1 fully saturated rings. The van der Waals surface area contributed by atoms with Crippen LogP contribution in [0.25, 0.3) is 0 Å². The van der Waals surface area contributed by atoms with Crippen molar-refractivity contribution in [3.05, 3.63) is 0 Å². The Kier molecular flexibility index (Phi) is 5.45. The van der Waals surface area contributed by atoms with Crippen LogP contribution in [0.15, 0.2) is 0 Å². The summed E-state index contributed by atoms with van der Waals surface area (Å²) in [5.74, 6) is 0. The van der Waals surface area contributed by atoms with Gasteiger partial charge in [0, 0.05) is 19.1 Å². The highest BCUT2D eigenvalue weighted by Gasteiger charge is 2.10. The first-order valence-electron chi connectivity index (χ1n) is 5.70. The van der Waals surface area contributed by atoms with Crippen LogP contribution in [-0.4, -0.2) is 62.3 Å². The molecular weight excluding hydrogens is 176 g/mol. The van der Waals surface area contributed by atoms with Crippen molar-refractivity contribution in [1.82, 2.24) is 9.80 Å². The number of hydrogen-bond donors (Lipinski definition) is 0. The SMILES string of the molecule is CC(C)N1CCCN(C)CCOCC1. The first kappa shape index (κ1) is 12.0. The summed E-state index contributed by atoms with van der Waals surface area (Å²) in [6.07, 6.45) is 1.27. The van der Waals surface area contributed by atoms with Crippen LogP contribution in [0.5, 0.6) is 0 Å². The van der Waals surface area contributed by atoms with E-state index in [-0.39, 0.29) is 0 Å². The molecule has 14 heavy (non-hydrogen) atoms. The van der Waals surface area contributed by atoms with Gasteiger partial charge in [0.1, 0.15) is 0 Å². The van der Waals surface area contributed by atoms with E-state index in [0.717, 1.165) is 26.3 Å². The van der Waals surface area contributed by atoms with Gasteiger partial charge in [-0.15, -0.1) is 0 Å². The molecule has 0 saturated carbocycles. The Morgan fingerprint density at radius 2 is 1.71 bits per heavy atom. The molecular formula is C11H24N2O. The quantitative estimate of drug-likeness (QED) is 0.629. The Labute approximate surface area is 88.0 Å². The molecule has 1 aliphatic rings. The van der Waals surface area contributed by atoms with E-state index in [0.29, 0.717) is 6.04 Å². The molecule has 0 radical (unpaired) electrons. The van der Waals surface area contributed by atoms with E-state index in [1.807, 2.05) is 0 Å². The maximum absolute atomic E-state index is 5.58. The van der Waals surface area contributed by atoms with Crippen molar-refractivity contribution in [2.24, 2.45) is 0 Å². The van der Waals surface area contributed by atoms with E-state index in [9.17, 15) is 0 Å². The molecule has 0 spiro atoms. The highest BCUT2D eigenvalue weighted by atomic mass is 16.5. The smallest absolute Gasteiger partial charge is 0.0594 e. The van der Waals surface area contributed by atoms with Gasteiger partial charge in [-0.3, -0.25) is 4.90 Å². The molecule has 0 aromatic heterocycles. The van der Waals surface area contributed by atoms with Gasteiger partial charge in [0.2, 0.25) is 0 Å². The van der Waals surface area contributed by atoms with Crippen molar-refractivity contribution in [1.29, 1.82) is 0 Å². The molecule has 0 aromatic carbocycles. The molecule has 0 aliphatic carbocycles. The van der Waals surface area contributed by atoms with E-state index in [1.165, 1.54) is 19.5 Å². The molecule has 3 heteroatoms. The number of likely N-dealkylation sites (N-methyl/N-ethyl adjacent to an activating group) is 1. The lowest BCUT2D eigenvalue weighted by molar-refractivity contribution is 0.0670. The molecule has 0 atom stereocenters. The van der Waals surface area contributed by atoms with Gasteiger partial charge in [0.25, 0.3) is 0 Å². The minimum atomic E-state index is 0.642. The molecule has 0 aromatic rings. The number of rotatable bonds is 1. The monoisotopic (exact) mass is 200 g/mol. The topological polar surface area (TPSA) is 15.7 Å². The maximum atomic E-state index is 5.58. The normalized spacial score (nSPS) is 24.0. The van der Waals surface area contributed by atoms with Gasteiger partial charge in [-0.05, 0) is 40.4 Å². The van der Waals surface area contributed by atoms with Gasteiger partial charge in [-0.25, -0.2) is 0 Å². The van der Waals surface area contributed by atoms with E-state index in [1.54, 1.807) is 0 Å². The summed E-state index contributed by atoms with van der Waals surface area (Å²) in [6, 6.07) is 0.642. The van der Waals surface area contributed by atoms with E-state index in [4.69, 9.17) is 4.74 Å². The van der Waals surface area contributed by atoms with Gasteiger partial charge in [-0.2, -0.15) is 0 Å². The van der Waals surface area contributed by atoms with E-state index < -0.39 is 0 Å². The average Bonchev–Trinajstić information content (AvgIpc) is 2.15. The predicted molar refractivity (Wildman–Crippen MR) is 59.6 cm³/mol. The highest BCUT2D eigenvalue weighted by molar-refractivity contribution is 4.65. The van der Waals surface area contributed by atoms with Crippen molar-refractivity contribution in [2.45, 2.75) is 26.3 Å². The molecule has 0 amide bonds. The van der Waals surface area contributed by atoms with Crippen LogP contribution in [0.3, 0.4) is 0 Å². The van der Waals surface area contributed by atoms with Gasteiger partial charge in [0.15, 0.2) is 0 Å². The Morgan fingerprint density at radius 1 is 1.00 bits per heavy atom. The lowest BCUT2D eigenvalue weighted by atomic mass is 10.2. The lowest BCUT2D eigenvalue weighted by Gasteiger charge is -2.29. The summed E-state index contributed by atoms with van der Waals surface area (Å²) in [5, 5.41) is 0. The van der Waals surface area contributed by atoms with Crippen molar-refractivity contribution in [2.75, 3.05) is 46.4 Å². The highest BCUT2D eigenvalue weighted by Crippen LogP contribution is 2.02. The van der Waals surface area contributed by atoms with Gasteiger partial charge in [0.05, 0.1) is 13.2 Å². The second-order valence-electron chi connectivity index (χ2n) is 4.40. The van der Waals surface area contributed by atoms with Crippen LogP contribution in [-0.2, 0) is 4.74 Å². The fourth-order valence-electron chi connectivity index (χ4n) is 1.79. The second-order valence-corrected chi connectivity index (χ2v) is 4.40. The Hall–Kier alpha value is -0.120. The van der Waals surface area contributed by atoms with Crippen LogP contribution in [0.4, 0.5) is 0 Å². The molecule has 84 valence electrons. The van der Waals surface area contributed by atoms with Crippen LogP contribution >= 0.6 is 0 Å². The molecule has 1 aliphatic heterocycles. The third-order valence-corrected chi connectivity index (χ3v) is 2.86. The van der Waals surface area contributed by atoms with Crippen molar-refractivity contribution in [3.8, 4) is 0 Å². The second kappa shape index (κ2) is 6.38. The predicted octanol–water partition coefficient (Wildman–Crippen LogP) is 1.05. The largest absolute Gasteiger partial charge is 0.379 e. The zero-order valence-corrected chi connectivity index (χ0v) is 9.83. The minimum absolute atomic E-state index is 0.642. The zero-order valence-electron chi connectivity index (χ0n) is 9.83. The van der Waals surface area contributed by atoms with Gasteiger partial charge in [-0.1, -0.05) is 0 Å². The molecule has 0 N–H and O–H groups in total. The Bertz CT molecular complexity index is 150. The first-order chi connectivity index (χ1) is 6.70. The average molecular weight is 200 g/mol. The van der Waals surface area contributed by atoms with Crippen LogP contribution in [0.1, 0.15) is 20.3 Å². The zero-order chi connectivity index (χ0) is 10.4. The lowest BCUT2D eigenvalue weighted by Crippen LogP contribution is -2.38. The van der Waals surface area contributed by atoms with E-state index >= 15 is 0 Å². The number of nitrogens with zero attached hydrogens (tertiary/aromatic N) is 2. The van der Waals surface area contributed by atoms with Crippen LogP contribution in [0, 0.1) is 0 Å². The maximum Gasteiger partial charge on any atom is 0.0594 e. The summed E-state index contributed by atoms with van der Waals surface area (Å²) in [5.41, 5.74) is 0. The number of ether oxygens (including phenoxy) is 1. The standard InChI is InChI=1S/C11H24N2O/c1-11(2)13-6-4-5-12(3)7-9-14-10-8-13/h11H,4-10H2,1-3H3. The molecule has 0 bridgehead atoms. The summed E-state index contributed by atoms with van der Waals surface area (Å²) in [4.78, 5) is 4.85. The van der Waals surface area contributed by atoms with Crippen molar-refractivity contribution in [3.63, 3.8) is 0 Å². The van der Waals surface area contributed by atoms with Crippen LogP contribution in [0.2, 0.25) is 0 Å². The van der Waals surface area contributed by atoms with Gasteiger partial charge >= 0.3 is 0 Å². The van der Waals surface area contributed by atoms with Crippen molar-refractivity contribution < 1.29 is 4.74 Å². The molecule has 1 rings (SSSR count). The van der Waals surface area contributed by atoms with E-state index in [2.05, 4.69) is 30.7 Å². The summed E-state index contributed by atoms with van der Waals surface area (Å²) in [7, 11) is 2.17. The molecule has 3 nitrogen and oxygen atoms in total. The third-order valence-electron chi connectivity index (χ3n) is 2.86. The van der Waals surface area contributed by atoms with Crippen molar-refractivity contribution >= 4 is 0 Å². The molecule has 1 saturated heterocycles. The Morgan fingerprint density at radius 3 is 2.43 bits per heavy atom. The molecule has 1 heterocycles. The molecule has 0 unspecified atom stereocenters. The van der Waals surface area contributed by atoms with Gasteiger partial charge < -0.3 is 9.64 Å². The first-order valence-corrected chi connectivity index (χ1v) is 5.70. The summed E-state index contributed by atoms with van der Waals surface area (Å²) < 4.78 is 5.58. The Balaban J connectivity index is 2.33. The fourth-order valence-corrected chi connectivity index (χ4v) is 1.79. The number of hydrogen-bond acceptors (Lipinski definition) is 3.